The zero-order valence-electron chi connectivity index (χ0n) is 9.04. The van der Waals surface area contributed by atoms with Crippen LogP contribution in [0, 0.1) is 11.8 Å². The summed E-state index contributed by atoms with van der Waals surface area (Å²) in [5.41, 5.74) is 0. The molecule has 2 heteroatoms. The van der Waals surface area contributed by atoms with Crippen LogP contribution >= 0.6 is 0 Å². The summed E-state index contributed by atoms with van der Waals surface area (Å²) in [4.78, 5) is 0. The van der Waals surface area contributed by atoms with E-state index in [0.717, 1.165) is 13.1 Å². The standard InChI is InChI=1S/C12H23NO/c14-12(11-7-8-13-9-11)10-5-3-1-2-4-6-10/h10-14H,1-9H2/t11-,12?/m1/s1. The quantitative estimate of drug-likeness (QED) is 0.663. The average molecular weight is 197 g/mol. The van der Waals surface area contributed by atoms with Crippen LogP contribution in [0.2, 0.25) is 0 Å². The van der Waals surface area contributed by atoms with Gasteiger partial charge in [-0.2, -0.15) is 0 Å². The van der Waals surface area contributed by atoms with Crippen molar-refractivity contribution < 1.29 is 5.11 Å². The molecule has 0 aromatic carbocycles. The van der Waals surface area contributed by atoms with E-state index in [2.05, 4.69) is 5.32 Å². The summed E-state index contributed by atoms with van der Waals surface area (Å²) in [6, 6.07) is 0. The third-order valence-electron chi connectivity index (χ3n) is 3.96. The van der Waals surface area contributed by atoms with Crippen LogP contribution in [0.1, 0.15) is 44.9 Å². The number of rotatable bonds is 2. The van der Waals surface area contributed by atoms with Gasteiger partial charge in [-0.15, -0.1) is 0 Å². The van der Waals surface area contributed by atoms with Crippen molar-refractivity contribution in [2.75, 3.05) is 13.1 Å². The molecule has 1 saturated heterocycles. The molecule has 1 aliphatic carbocycles. The molecule has 2 fully saturated rings. The first-order valence-corrected chi connectivity index (χ1v) is 6.26. The molecule has 2 atom stereocenters. The number of nitrogens with one attached hydrogen (secondary N) is 1. The van der Waals surface area contributed by atoms with Gasteiger partial charge in [0.1, 0.15) is 0 Å². The van der Waals surface area contributed by atoms with Crippen molar-refractivity contribution >= 4 is 0 Å². The summed E-state index contributed by atoms with van der Waals surface area (Å²) in [5, 5.41) is 13.6. The Labute approximate surface area is 87.1 Å². The Balaban J connectivity index is 1.84. The van der Waals surface area contributed by atoms with Gasteiger partial charge < -0.3 is 10.4 Å². The maximum absolute atomic E-state index is 10.3. The Morgan fingerprint density at radius 3 is 2.21 bits per heavy atom. The van der Waals surface area contributed by atoms with Crippen LogP contribution in [-0.2, 0) is 0 Å². The third-order valence-corrected chi connectivity index (χ3v) is 3.96. The van der Waals surface area contributed by atoms with Crippen molar-refractivity contribution in [2.45, 2.75) is 51.0 Å². The van der Waals surface area contributed by atoms with E-state index in [4.69, 9.17) is 0 Å². The topological polar surface area (TPSA) is 32.3 Å². The molecule has 2 aliphatic rings. The zero-order valence-corrected chi connectivity index (χ0v) is 9.04. The first-order valence-electron chi connectivity index (χ1n) is 6.26. The van der Waals surface area contributed by atoms with E-state index in [0.29, 0.717) is 11.8 Å². The molecule has 14 heavy (non-hydrogen) atoms. The van der Waals surface area contributed by atoms with Gasteiger partial charge in [-0.25, -0.2) is 0 Å². The second-order valence-electron chi connectivity index (χ2n) is 5.00. The molecular formula is C12H23NO. The van der Waals surface area contributed by atoms with Gasteiger partial charge in [0.05, 0.1) is 6.10 Å². The fourth-order valence-corrected chi connectivity index (χ4v) is 3.01. The number of aliphatic hydroxyl groups is 1. The highest BCUT2D eigenvalue weighted by atomic mass is 16.3. The third kappa shape index (κ3) is 2.48. The summed E-state index contributed by atoms with van der Waals surface area (Å²) in [6.45, 7) is 2.14. The van der Waals surface area contributed by atoms with Gasteiger partial charge in [0.25, 0.3) is 0 Å². The molecular weight excluding hydrogens is 174 g/mol. The number of aliphatic hydroxyl groups excluding tert-OH is 1. The Hall–Kier alpha value is -0.0800. The molecule has 0 aromatic rings. The minimum Gasteiger partial charge on any atom is -0.393 e. The molecule has 0 amide bonds. The zero-order chi connectivity index (χ0) is 9.80. The van der Waals surface area contributed by atoms with Crippen LogP contribution < -0.4 is 5.32 Å². The van der Waals surface area contributed by atoms with Crippen molar-refractivity contribution in [3.63, 3.8) is 0 Å². The normalized spacial score (nSPS) is 32.8. The van der Waals surface area contributed by atoms with E-state index >= 15 is 0 Å². The Morgan fingerprint density at radius 2 is 1.64 bits per heavy atom. The fraction of sp³-hybridized carbons (Fsp3) is 1.00. The van der Waals surface area contributed by atoms with Crippen LogP contribution in [-0.4, -0.2) is 24.3 Å². The van der Waals surface area contributed by atoms with Crippen molar-refractivity contribution in [2.24, 2.45) is 11.8 Å². The van der Waals surface area contributed by atoms with Crippen LogP contribution in [0.3, 0.4) is 0 Å². The lowest BCUT2D eigenvalue weighted by atomic mass is 9.85. The minimum absolute atomic E-state index is 0.0249. The van der Waals surface area contributed by atoms with Crippen molar-refractivity contribution in [3.05, 3.63) is 0 Å². The van der Waals surface area contributed by atoms with Crippen LogP contribution in [0.15, 0.2) is 0 Å². The van der Waals surface area contributed by atoms with Gasteiger partial charge in [0.2, 0.25) is 0 Å². The molecule has 1 saturated carbocycles. The maximum Gasteiger partial charge on any atom is 0.0609 e. The van der Waals surface area contributed by atoms with Crippen LogP contribution in [0.4, 0.5) is 0 Å². The minimum atomic E-state index is -0.0249. The molecule has 2 nitrogen and oxygen atoms in total. The molecule has 2 rings (SSSR count). The SMILES string of the molecule is OC(C1CCCCCC1)[C@@H]1CCNC1. The molecule has 0 bridgehead atoms. The van der Waals surface area contributed by atoms with Gasteiger partial charge in [-0.1, -0.05) is 25.7 Å². The van der Waals surface area contributed by atoms with Crippen LogP contribution in [0.25, 0.3) is 0 Å². The van der Waals surface area contributed by atoms with E-state index in [9.17, 15) is 5.11 Å². The lowest BCUT2D eigenvalue weighted by molar-refractivity contribution is 0.0506. The molecule has 1 heterocycles. The first kappa shape index (κ1) is 10.4. The molecule has 0 radical (unpaired) electrons. The molecule has 82 valence electrons. The van der Waals surface area contributed by atoms with Crippen LogP contribution in [0.5, 0.6) is 0 Å². The summed E-state index contributed by atoms with van der Waals surface area (Å²) >= 11 is 0. The molecule has 0 spiro atoms. The van der Waals surface area contributed by atoms with Crippen molar-refractivity contribution in [1.82, 2.24) is 5.32 Å². The second-order valence-corrected chi connectivity index (χ2v) is 5.00. The van der Waals surface area contributed by atoms with E-state index in [1.165, 1.54) is 44.9 Å². The van der Waals surface area contributed by atoms with E-state index in [1.54, 1.807) is 0 Å². The Bertz CT molecular complexity index is 158. The fourth-order valence-electron chi connectivity index (χ4n) is 3.01. The lowest BCUT2D eigenvalue weighted by Crippen LogP contribution is -2.30. The summed E-state index contributed by atoms with van der Waals surface area (Å²) in [7, 11) is 0. The highest BCUT2D eigenvalue weighted by Gasteiger charge is 2.29. The second kappa shape index (κ2) is 5.13. The highest BCUT2D eigenvalue weighted by Crippen LogP contribution is 2.30. The molecule has 1 aliphatic heterocycles. The van der Waals surface area contributed by atoms with Gasteiger partial charge in [-0.3, -0.25) is 0 Å². The monoisotopic (exact) mass is 197 g/mol. The average Bonchev–Trinajstić information content (AvgIpc) is 2.59. The van der Waals surface area contributed by atoms with E-state index < -0.39 is 0 Å². The van der Waals surface area contributed by atoms with E-state index in [-0.39, 0.29) is 6.10 Å². The number of hydrogen-bond donors (Lipinski definition) is 2. The molecule has 2 N–H and O–H groups in total. The smallest absolute Gasteiger partial charge is 0.0609 e. The predicted molar refractivity (Wildman–Crippen MR) is 58.2 cm³/mol. The highest BCUT2D eigenvalue weighted by molar-refractivity contribution is 4.83. The summed E-state index contributed by atoms with van der Waals surface area (Å²) in [6.07, 6.45) is 9.11. The summed E-state index contributed by atoms with van der Waals surface area (Å²) < 4.78 is 0. The van der Waals surface area contributed by atoms with Crippen molar-refractivity contribution in [3.8, 4) is 0 Å². The number of hydrogen-bond acceptors (Lipinski definition) is 2. The molecule has 0 aromatic heterocycles. The van der Waals surface area contributed by atoms with E-state index in [1.807, 2.05) is 0 Å². The first-order chi connectivity index (χ1) is 6.88. The predicted octanol–water partition coefficient (Wildman–Crippen LogP) is 1.93. The lowest BCUT2D eigenvalue weighted by Gasteiger charge is -2.25. The van der Waals surface area contributed by atoms with Gasteiger partial charge in [0, 0.05) is 6.54 Å². The van der Waals surface area contributed by atoms with Gasteiger partial charge in [0.15, 0.2) is 0 Å². The van der Waals surface area contributed by atoms with Gasteiger partial charge in [-0.05, 0) is 37.6 Å². The summed E-state index contributed by atoms with van der Waals surface area (Å²) in [5.74, 6) is 1.14. The Kier molecular flexibility index (Phi) is 3.82. The van der Waals surface area contributed by atoms with Crippen molar-refractivity contribution in [1.29, 1.82) is 0 Å². The van der Waals surface area contributed by atoms with Gasteiger partial charge >= 0.3 is 0 Å². The molecule has 1 unspecified atom stereocenters. The maximum atomic E-state index is 10.3. The Morgan fingerprint density at radius 1 is 0.929 bits per heavy atom. The largest absolute Gasteiger partial charge is 0.393 e.